The minimum absolute atomic E-state index is 0.0622. The first-order valence-electron chi connectivity index (χ1n) is 8.98. The lowest BCUT2D eigenvalue weighted by atomic mass is 9.81. The third kappa shape index (κ3) is 2.38. The van der Waals surface area contributed by atoms with Crippen molar-refractivity contribution < 1.29 is 9.59 Å². The van der Waals surface area contributed by atoms with E-state index >= 15 is 0 Å². The van der Waals surface area contributed by atoms with Gasteiger partial charge in [-0.1, -0.05) is 18.2 Å². The Morgan fingerprint density at radius 2 is 2.08 bits per heavy atom. The van der Waals surface area contributed by atoms with Crippen LogP contribution in [0.1, 0.15) is 38.7 Å². The first-order chi connectivity index (χ1) is 11.5. The molecule has 5 nitrogen and oxygen atoms in total. The number of amides is 3. The number of carbonyl (C=O) groups excluding carboxylic acids is 2. The van der Waals surface area contributed by atoms with Crippen molar-refractivity contribution in [1.29, 1.82) is 0 Å². The highest BCUT2D eigenvalue weighted by Crippen LogP contribution is 2.48. The molecule has 0 bridgehead atoms. The van der Waals surface area contributed by atoms with Gasteiger partial charge >= 0.3 is 6.03 Å². The molecule has 1 aromatic rings. The molecule has 128 valence electrons. The normalized spacial score (nSPS) is 25.7. The lowest BCUT2D eigenvalue weighted by molar-refractivity contribution is -0.122. The molecule has 1 N–H and O–H groups in total. The van der Waals surface area contributed by atoms with Gasteiger partial charge in [0, 0.05) is 31.4 Å². The zero-order chi connectivity index (χ0) is 16.9. The number of rotatable bonds is 3. The summed E-state index contributed by atoms with van der Waals surface area (Å²) in [5.74, 6) is 0.842. The largest absolute Gasteiger partial charge is 0.336 e. The third-order valence-corrected chi connectivity index (χ3v) is 5.47. The van der Waals surface area contributed by atoms with Crippen LogP contribution in [0.15, 0.2) is 24.3 Å². The van der Waals surface area contributed by atoms with E-state index < -0.39 is 5.41 Å². The molecule has 2 aliphatic heterocycles. The molecule has 1 saturated carbocycles. The van der Waals surface area contributed by atoms with Crippen LogP contribution in [-0.2, 0) is 10.2 Å². The molecule has 24 heavy (non-hydrogen) atoms. The summed E-state index contributed by atoms with van der Waals surface area (Å²) in [7, 11) is 0. The Balaban J connectivity index is 1.63. The average Bonchev–Trinajstić information content (AvgIpc) is 3.21. The SMILES string of the molecule is CC(C)NC(=O)N1CC[C@]2(C1)C(=O)N(CC1CC1)c1ccccc12. The molecular formula is C19H25N3O2. The Morgan fingerprint density at radius 3 is 2.79 bits per heavy atom. The highest BCUT2D eigenvalue weighted by molar-refractivity contribution is 6.09. The van der Waals surface area contributed by atoms with E-state index in [0.29, 0.717) is 19.0 Å². The second-order valence-corrected chi connectivity index (χ2v) is 7.73. The van der Waals surface area contributed by atoms with Crippen molar-refractivity contribution in [1.82, 2.24) is 10.2 Å². The molecule has 2 fully saturated rings. The summed E-state index contributed by atoms with van der Waals surface area (Å²) in [5.41, 5.74) is 1.62. The molecule has 2 heterocycles. The summed E-state index contributed by atoms with van der Waals surface area (Å²) in [6.07, 6.45) is 3.17. The van der Waals surface area contributed by atoms with Gasteiger partial charge in [-0.3, -0.25) is 4.79 Å². The maximum Gasteiger partial charge on any atom is 0.317 e. The predicted molar refractivity (Wildman–Crippen MR) is 93.1 cm³/mol. The Kier molecular flexibility index (Phi) is 3.55. The number of nitrogens with zero attached hydrogens (tertiary/aromatic N) is 2. The van der Waals surface area contributed by atoms with Gasteiger partial charge in [-0.15, -0.1) is 0 Å². The van der Waals surface area contributed by atoms with Crippen molar-refractivity contribution in [2.75, 3.05) is 24.5 Å². The molecule has 3 amide bonds. The number of para-hydroxylation sites is 1. The summed E-state index contributed by atoms with van der Waals surface area (Å²) in [4.78, 5) is 29.5. The number of anilines is 1. The molecule has 3 aliphatic rings. The molecule has 0 unspecified atom stereocenters. The molecule has 1 aliphatic carbocycles. The molecule has 0 radical (unpaired) electrons. The molecule has 5 heteroatoms. The van der Waals surface area contributed by atoms with Crippen molar-refractivity contribution in [2.45, 2.75) is 44.6 Å². The van der Waals surface area contributed by atoms with Crippen LogP contribution in [0.5, 0.6) is 0 Å². The van der Waals surface area contributed by atoms with Gasteiger partial charge in [0.25, 0.3) is 0 Å². The smallest absolute Gasteiger partial charge is 0.317 e. The van der Waals surface area contributed by atoms with Crippen LogP contribution in [0.3, 0.4) is 0 Å². The van der Waals surface area contributed by atoms with Crippen LogP contribution in [0, 0.1) is 5.92 Å². The van der Waals surface area contributed by atoms with Crippen molar-refractivity contribution in [3.05, 3.63) is 29.8 Å². The Morgan fingerprint density at radius 1 is 1.33 bits per heavy atom. The minimum atomic E-state index is -0.542. The molecule has 1 atom stereocenters. The first-order valence-corrected chi connectivity index (χ1v) is 8.98. The van der Waals surface area contributed by atoms with Crippen LogP contribution in [0.25, 0.3) is 0 Å². The zero-order valence-electron chi connectivity index (χ0n) is 14.4. The molecular weight excluding hydrogens is 302 g/mol. The van der Waals surface area contributed by atoms with Crippen LogP contribution in [-0.4, -0.2) is 42.5 Å². The number of nitrogens with one attached hydrogen (secondary N) is 1. The van der Waals surface area contributed by atoms with Gasteiger partial charge in [-0.05, 0) is 50.7 Å². The van der Waals surface area contributed by atoms with Crippen LogP contribution >= 0.6 is 0 Å². The summed E-state index contributed by atoms with van der Waals surface area (Å²) >= 11 is 0. The topological polar surface area (TPSA) is 52.7 Å². The lowest BCUT2D eigenvalue weighted by Gasteiger charge is -2.25. The minimum Gasteiger partial charge on any atom is -0.336 e. The van der Waals surface area contributed by atoms with E-state index in [1.807, 2.05) is 30.9 Å². The Labute approximate surface area is 143 Å². The molecule has 0 aromatic heterocycles. The van der Waals surface area contributed by atoms with E-state index in [0.717, 1.165) is 24.2 Å². The van der Waals surface area contributed by atoms with E-state index in [1.165, 1.54) is 12.8 Å². The summed E-state index contributed by atoms with van der Waals surface area (Å²) in [5, 5.41) is 2.95. The number of benzene rings is 1. The quantitative estimate of drug-likeness (QED) is 0.927. The van der Waals surface area contributed by atoms with E-state index in [-0.39, 0.29) is 18.0 Å². The maximum atomic E-state index is 13.3. The van der Waals surface area contributed by atoms with Crippen molar-refractivity contribution in [2.24, 2.45) is 5.92 Å². The number of carbonyl (C=O) groups is 2. The number of fused-ring (bicyclic) bond motifs is 2. The summed E-state index contributed by atoms with van der Waals surface area (Å²) in [6.45, 7) is 5.86. The second-order valence-electron chi connectivity index (χ2n) is 7.73. The first kappa shape index (κ1) is 15.5. The average molecular weight is 327 g/mol. The van der Waals surface area contributed by atoms with Gasteiger partial charge in [0.1, 0.15) is 0 Å². The van der Waals surface area contributed by atoms with Crippen LogP contribution < -0.4 is 10.2 Å². The lowest BCUT2D eigenvalue weighted by Crippen LogP contribution is -2.46. The predicted octanol–water partition coefficient (Wildman–Crippen LogP) is 2.50. The van der Waals surface area contributed by atoms with E-state index in [2.05, 4.69) is 17.4 Å². The van der Waals surface area contributed by atoms with Gasteiger partial charge in [0.05, 0.1) is 5.41 Å². The molecule has 4 rings (SSSR count). The highest BCUT2D eigenvalue weighted by atomic mass is 16.2. The Hall–Kier alpha value is -2.04. The van der Waals surface area contributed by atoms with Gasteiger partial charge in [-0.25, -0.2) is 4.79 Å². The third-order valence-electron chi connectivity index (χ3n) is 5.47. The maximum absolute atomic E-state index is 13.3. The van der Waals surface area contributed by atoms with E-state index in [1.54, 1.807) is 4.90 Å². The molecule has 1 spiro atoms. The fourth-order valence-electron chi connectivity index (χ4n) is 4.05. The standard InChI is InChI=1S/C19H25N3O2/c1-13(2)20-18(24)21-10-9-19(12-21)15-5-3-4-6-16(15)22(17(19)23)11-14-7-8-14/h3-6,13-14H,7-12H2,1-2H3,(H,20,24)/t19-/m1/s1. The van der Waals surface area contributed by atoms with Crippen molar-refractivity contribution in [3.63, 3.8) is 0 Å². The van der Waals surface area contributed by atoms with Gasteiger partial charge in [-0.2, -0.15) is 0 Å². The molecule has 1 saturated heterocycles. The number of hydrogen-bond donors (Lipinski definition) is 1. The number of urea groups is 1. The second kappa shape index (κ2) is 5.50. The number of likely N-dealkylation sites (tertiary alicyclic amines) is 1. The number of hydrogen-bond acceptors (Lipinski definition) is 2. The van der Waals surface area contributed by atoms with E-state index in [4.69, 9.17) is 0 Å². The molecule has 1 aromatic carbocycles. The van der Waals surface area contributed by atoms with Gasteiger partial charge in [0.2, 0.25) is 5.91 Å². The highest BCUT2D eigenvalue weighted by Gasteiger charge is 2.55. The Bertz CT molecular complexity index is 683. The summed E-state index contributed by atoms with van der Waals surface area (Å²) < 4.78 is 0. The fourth-order valence-corrected chi connectivity index (χ4v) is 4.05. The van der Waals surface area contributed by atoms with Crippen molar-refractivity contribution >= 4 is 17.6 Å². The summed E-state index contributed by atoms with van der Waals surface area (Å²) in [6, 6.07) is 8.18. The van der Waals surface area contributed by atoms with Crippen LogP contribution in [0.4, 0.5) is 10.5 Å². The van der Waals surface area contributed by atoms with E-state index in [9.17, 15) is 9.59 Å². The fraction of sp³-hybridized carbons (Fsp3) is 0.579. The van der Waals surface area contributed by atoms with Crippen LogP contribution in [0.2, 0.25) is 0 Å². The van der Waals surface area contributed by atoms with Crippen molar-refractivity contribution in [3.8, 4) is 0 Å². The monoisotopic (exact) mass is 327 g/mol. The zero-order valence-corrected chi connectivity index (χ0v) is 14.4. The van der Waals surface area contributed by atoms with Gasteiger partial charge in [0.15, 0.2) is 0 Å². The van der Waals surface area contributed by atoms with Gasteiger partial charge < -0.3 is 15.1 Å².